The summed E-state index contributed by atoms with van der Waals surface area (Å²) in [5.41, 5.74) is 0. The zero-order valence-electron chi connectivity index (χ0n) is 49.6. The van der Waals surface area contributed by atoms with Gasteiger partial charge in [-0.25, -0.2) is 0 Å². The minimum atomic E-state index is -0.846. The lowest BCUT2D eigenvalue weighted by atomic mass is 10.0. The van der Waals surface area contributed by atoms with E-state index in [4.69, 9.17) is 4.74 Å². The normalized spacial score (nSPS) is 12.9. The maximum absolute atomic E-state index is 12.5. The Morgan fingerprint density at radius 2 is 0.689 bits per heavy atom. The second-order valence-corrected chi connectivity index (χ2v) is 22.4. The number of carbonyl (C=O) groups is 2. The summed E-state index contributed by atoms with van der Waals surface area (Å²) in [6.07, 6.45) is 81.7. The Morgan fingerprint density at radius 1 is 0.378 bits per heavy atom. The van der Waals surface area contributed by atoms with Crippen molar-refractivity contribution in [2.24, 2.45) is 0 Å². The predicted molar refractivity (Wildman–Crippen MR) is 324 cm³/mol. The molecule has 2 unspecified atom stereocenters. The van der Waals surface area contributed by atoms with Gasteiger partial charge in [-0.15, -0.1) is 0 Å². The Balaban J connectivity index is 3.44. The zero-order chi connectivity index (χ0) is 53.6. The first-order valence-corrected chi connectivity index (χ1v) is 32.9. The van der Waals surface area contributed by atoms with Crippen LogP contribution in [0.2, 0.25) is 0 Å². The summed E-state index contributed by atoms with van der Waals surface area (Å²) in [5.74, 6) is -0.0669. The monoisotopic (exact) mass is 1040 g/mol. The van der Waals surface area contributed by atoms with Gasteiger partial charge in [0.25, 0.3) is 0 Å². The van der Waals surface area contributed by atoms with Crippen LogP contribution in [0, 0.1) is 0 Å². The molecule has 0 radical (unpaired) electrons. The van der Waals surface area contributed by atoms with Gasteiger partial charge in [-0.3, -0.25) is 9.59 Å². The number of rotatable bonds is 61. The van der Waals surface area contributed by atoms with Crippen LogP contribution in [0.5, 0.6) is 0 Å². The van der Waals surface area contributed by atoms with E-state index in [1.54, 1.807) is 6.08 Å². The second-order valence-electron chi connectivity index (χ2n) is 22.4. The van der Waals surface area contributed by atoms with Crippen molar-refractivity contribution in [2.45, 2.75) is 360 Å². The van der Waals surface area contributed by atoms with Crippen LogP contribution in [-0.2, 0) is 14.3 Å². The molecule has 0 aromatic heterocycles. The number of unbranched alkanes of at least 4 members (excludes halogenated alkanes) is 44. The molecule has 6 nitrogen and oxygen atoms in total. The Bertz CT molecular complexity index is 1240. The average molecular weight is 1040 g/mol. The van der Waals surface area contributed by atoms with E-state index in [0.717, 1.165) is 51.4 Å². The number of ether oxygens (including phenoxy) is 1. The molecule has 3 N–H and O–H groups in total. The number of aliphatic hydroxyl groups excluding tert-OH is 2. The fourth-order valence-corrected chi connectivity index (χ4v) is 10.00. The van der Waals surface area contributed by atoms with E-state index in [9.17, 15) is 19.8 Å². The van der Waals surface area contributed by atoms with Crippen LogP contribution < -0.4 is 5.32 Å². The summed E-state index contributed by atoms with van der Waals surface area (Å²) in [5, 5.41) is 23.2. The van der Waals surface area contributed by atoms with E-state index >= 15 is 0 Å². The molecule has 0 aromatic carbocycles. The molecule has 1 amide bonds. The molecule has 0 heterocycles. The number of allylic oxidation sites excluding steroid dienone is 7. The SMILES string of the molecule is CCCC/C=C\CCCCCCCC(=O)OCCCCCCCCCCC/C=C\C/C=C\CCCCCCCCCCCCCCCC(=O)NC(CO)C(O)/C=C/CCCCCCCCCCCCCCCCC. The van der Waals surface area contributed by atoms with E-state index in [1.165, 1.54) is 270 Å². The maximum Gasteiger partial charge on any atom is 0.305 e. The van der Waals surface area contributed by atoms with Crippen molar-refractivity contribution in [2.75, 3.05) is 13.2 Å². The highest BCUT2D eigenvalue weighted by atomic mass is 16.5. The van der Waals surface area contributed by atoms with Crippen LogP contribution >= 0.6 is 0 Å². The second kappa shape index (κ2) is 63.4. The Morgan fingerprint density at radius 3 is 1.08 bits per heavy atom. The zero-order valence-corrected chi connectivity index (χ0v) is 49.6. The number of esters is 1. The first-order valence-electron chi connectivity index (χ1n) is 32.9. The Kier molecular flexibility index (Phi) is 61.5. The van der Waals surface area contributed by atoms with Gasteiger partial charge in [0.05, 0.1) is 25.4 Å². The van der Waals surface area contributed by atoms with Crippen molar-refractivity contribution in [1.82, 2.24) is 5.32 Å². The molecule has 0 aliphatic rings. The molecule has 2 atom stereocenters. The van der Waals surface area contributed by atoms with Crippen LogP contribution in [0.3, 0.4) is 0 Å². The largest absolute Gasteiger partial charge is 0.466 e. The van der Waals surface area contributed by atoms with Gasteiger partial charge in [0.2, 0.25) is 5.91 Å². The van der Waals surface area contributed by atoms with E-state index in [1.807, 2.05) is 6.08 Å². The molecule has 0 aliphatic heterocycles. The molecule has 434 valence electrons. The molecule has 74 heavy (non-hydrogen) atoms. The Labute approximate surface area is 461 Å². The van der Waals surface area contributed by atoms with Gasteiger partial charge in [0, 0.05) is 12.8 Å². The van der Waals surface area contributed by atoms with Gasteiger partial charge >= 0.3 is 5.97 Å². The standard InChI is InChI=1S/C68H127NO5/c1-3-5-7-9-11-13-15-16-17-31-34-37-41-44-48-52-56-60-66(71)65(64-70)69-67(72)61-57-53-49-45-42-38-35-32-29-27-25-23-21-19-18-20-22-24-26-28-30-33-36-39-43-47-51-55-59-63-74-68(73)62-58-54-50-46-40-14-12-10-8-6-4-2/h10,12,18,20,24,26,56,60,65-66,70-71H,3-9,11,13-17,19,21-23,25,27-55,57-59,61-64H2,1-2H3,(H,69,72)/b12-10-,20-18-,26-24-,60-56+. The molecule has 0 aliphatic carbocycles. The molecule has 0 aromatic rings. The third-order valence-electron chi connectivity index (χ3n) is 15.1. The molecule has 0 saturated carbocycles. The third kappa shape index (κ3) is 59.1. The lowest BCUT2D eigenvalue weighted by Crippen LogP contribution is -2.45. The number of hydrogen-bond donors (Lipinski definition) is 3. The molecule has 6 heteroatoms. The Hall–Kier alpha value is -2.18. The van der Waals surface area contributed by atoms with Gasteiger partial charge in [0.1, 0.15) is 0 Å². The molecule has 0 bridgehead atoms. The van der Waals surface area contributed by atoms with Gasteiger partial charge in [-0.1, -0.05) is 300 Å². The van der Waals surface area contributed by atoms with Crippen molar-refractivity contribution in [3.8, 4) is 0 Å². The lowest BCUT2D eigenvalue weighted by Gasteiger charge is -2.20. The van der Waals surface area contributed by atoms with Crippen LogP contribution in [0.4, 0.5) is 0 Å². The van der Waals surface area contributed by atoms with Crippen molar-refractivity contribution in [3.63, 3.8) is 0 Å². The van der Waals surface area contributed by atoms with Crippen molar-refractivity contribution >= 4 is 11.9 Å². The van der Waals surface area contributed by atoms with E-state index < -0.39 is 12.1 Å². The van der Waals surface area contributed by atoms with Crippen LogP contribution in [0.25, 0.3) is 0 Å². The molecular formula is C68H127NO5. The van der Waals surface area contributed by atoms with Crippen molar-refractivity contribution in [1.29, 1.82) is 0 Å². The summed E-state index contributed by atoms with van der Waals surface area (Å²) < 4.78 is 5.46. The summed E-state index contributed by atoms with van der Waals surface area (Å²) >= 11 is 0. The highest BCUT2D eigenvalue weighted by Crippen LogP contribution is 2.17. The maximum atomic E-state index is 12.5. The molecule has 0 saturated heterocycles. The molecule has 0 rings (SSSR count). The summed E-state index contributed by atoms with van der Waals surface area (Å²) in [6.45, 7) is 4.88. The topological polar surface area (TPSA) is 95.9 Å². The number of amides is 1. The quantitative estimate of drug-likeness (QED) is 0.0320. The van der Waals surface area contributed by atoms with Crippen LogP contribution in [0.15, 0.2) is 48.6 Å². The smallest absolute Gasteiger partial charge is 0.305 e. The van der Waals surface area contributed by atoms with Crippen molar-refractivity contribution < 1.29 is 24.5 Å². The summed E-state index contributed by atoms with van der Waals surface area (Å²) in [7, 11) is 0. The first-order chi connectivity index (χ1) is 36.5. The van der Waals surface area contributed by atoms with Crippen LogP contribution in [-0.4, -0.2) is 47.4 Å². The van der Waals surface area contributed by atoms with Gasteiger partial charge in [-0.05, 0) is 83.5 Å². The number of hydrogen-bond acceptors (Lipinski definition) is 5. The van der Waals surface area contributed by atoms with Gasteiger partial charge in [-0.2, -0.15) is 0 Å². The summed E-state index contributed by atoms with van der Waals surface area (Å²) in [4.78, 5) is 24.5. The van der Waals surface area contributed by atoms with E-state index in [-0.39, 0.29) is 18.5 Å². The van der Waals surface area contributed by atoms with Crippen molar-refractivity contribution in [3.05, 3.63) is 48.6 Å². The molecular weight excluding hydrogens is 911 g/mol. The number of nitrogens with one attached hydrogen (secondary N) is 1. The highest BCUT2D eigenvalue weighted by Gasteiger charge is 2.18. The first kappa shape index (κ1) is 71.8. The number of carbonyl (C=O) groups excluding carboxylic acids is 2. The summed E-state index contributed by atoms with van der Waals surface area (Å²) in [6, 6.07) is -0.629. The fourth-order valence-electron chi connectivity index (χ4n) is 10.00. The van der Waals surface area contributed by atoms with E-state index in [2.05, 4.69) is 55.6 Å². The average Bonchev–Trinajstić information content (AvgIpc) is 3.40. The number of aliphatic hydroxyl groups is 2. The van der Waals surface area contributed by atoms with Gasteiger partial charge in [0.15, 0.2) is 0 Å². The minimum Gasteiger partial charge on any atom is -0.466 e. The lowest BCUT2D eigenvalue weighted by molar-refractivity contribution is -0.143. The minimum absolute atomic E-state index is 0.000323. The highest BCUT2D eigenvalue weighted by molar-refractivity contribution is 5.76. The van der Waals surface area contributed by atoms with Crippen LogP contribution in [0.1, 0.15) is 348 Å². The fraction of sp³-hybridized carbons (Fsp3) is 0.853. The predicted octanol–water partition coefficient (Wildman–Crippen LogP) is 20.9. The van der Waals surface area contributed by atoms with Gasteiger partial charge < -0.3 is 20.3 Å². The molecule has 0 fully saturated rings. The molecule has 0 spiro atoms. The third-order valence-corrected chi connectivity index (χ3v) is 15.1. The van der Waals surface area contributed by atoms with E-state index in [0.29, 0.717) is 19.4 Å².